The minimum atomic E-state index is 0.786. The molecule has 1 aromatic heterocycles. The van der Waals surface area contributed by atoms with E-state index in [0.29, 0.717) is 0 Å². The van der Waals surface area contributed by atoms with Crippen LogP contribution in [-0.4, -0.2) is 55.2 Å². The Morgan fingerprint density at radius 3 is 2.90 bits per heavy atom. The van der Waals surface area contributed by atoms with Crippen LogP contribution in [0.2, 0.25) is 0 Å². The zero-order valence-corrected chi connectivity index (χ0v) is 13.1. The van der Waals surface area contributed by atoms with Gasteiger partial charge in [0, 0.05) is 30.6 Å². The van der Waals surface area contributed by atoms with E-state index in [4.69, 9.17) is 4.74 Å². The number of piperidine rings is 1. The van der Waals surface area contributed by atoms with Gasteiger partial charge in [-0.05, 0) is 43.8 Å². The molecule has 2 aliphatic rings. The second kappa shape index (κ2) is 7.55. The van der Waals surface area contributed by atoms with Gasteiger partial charge in [0.2, 0.25) is 0 Å². The van der Waals surface area contributed by atoms with Crippen LogP contribution in [0.5, 0.6) is 0 Å². The van der Waals surface area contributed by atoms with Gasteiger partial charge in [-0.2, -0.15) is 0 Å². The Hall–Kier alpha value is -0.420. The first-order chi connectivity index (χ1) is 9.92. The second-order valence-electron chi connectivity index (χ2n) is 5.94. The van der Waals surface area contributed by atoms with Crippen LogP contribution in [-0.2, 0) is 11.3 Å². The molecule has 0 saturated carbocycles. The lowest BCUT2D eigenvalue weighted by atomic mass is 9.99. The smallest absolute Gasteiger partial charge is 0.0594 e. The highest BCUT2D eigenvalue weighted by atomic mass is 32.1. The molecule has 2 saturated heterocycles. The molecule has 3 nitrogen and oxygen atoms in total. The van der Waals surface area contributed by atoms with Crippen molar-refractivity contribution < 1.29 is 4.74 Å². The van der Waals surface area contributed by atoms with Gasteiger partial charge in [0.25, 0.3) is 0 Å². The summed E-state index contributed by atoms with van der Waals surface area (Å²) in [4.78, 5) is 6.81. The number of rotatable bonds is 5. The number of ether oxygens (including phenoxy) is 1. The highest BCUT2D eigenvalue weighted by molar-refractivity contribution is 7.09. The number of thiophene rings is 1. The highest BCUT2D eigenvalue weighted by Gasteiger charge is 2.23. The molecule has 0 radical (unpaired) electrons. The molecule has 0 amide bonds. The van der Waals surface area contributed by atoms with Gasteiger partial charge in [-0.3, -0.25) is 9.80 Å². The van der Waals surface area contributed by atoms with Crippen molar-refractivity contribution in [2.24, 2.45) is 0 Å². The van der Waals surface area contributed by atoms with Gasteiger partial charge in [-0.25, -0.2) is 0 Å². The number of hydrogen-bond acceptors (Lipinski definition) is 4. The van der Waals surface area contributed by atoms with Gasteiger partial charge < -0.3 is 4.74 Å². The molecule has 2 aliphatic heterocycles. The molecular formula is C16H26N2OS. The average Bonchev–Trinajstić information content (AvgIpc) is 3.00. The lowest BCUT2D eigenvalue weighted by Crippen LogP contribution is -2.43. The van der Waals surface area contributed by atoms with E-state index < -0.39 is 0 Å². The first kappa shape index (κ1) is 14.5. The summed E-state index contributed by atoms with van der Waals surface area (Å²) in [6.07, 6.45) is 5.50. The fourth-order valence-electron chi connectivity index (χ4n) is 3.35. The summed E-state index contributed by atoms with van der Waals surface area (Å²) >= 11 is 1.90. The molecule has 2 fully saturated rings. The number of hydrogen-bond donors (Lipinski definition) is 0. The van der Waals surface area contributed by atoms with Crippen molar-refractivity contribution in [1.29, 1.82) is 0 Å². The van der Waals surface area contributed by atoms with Crippen molar-refractivity contribution in [3.63, 3.8) is 0 Å². The van der Waals surface area contributed by atoms with Gasteiger partial charge in [-0.1, -0.05) is 12.5 Å². The average molecular weight is 294 g/mol. The van der Waals surface area contributed by atoms with Crippen molar-refractivity contribution in [2.75, 3.05) is 39.4 Å². The van der Waals surface area contributed by atoms with Crippen molar-refractivity contribution in [1.82, 2.24) is 9.80 Å². The van der Waals surface area contributed by atoms with Crippen LogP contribution in [0.15, 0.2) is 17.5 Å². The van der Waals surface area contributed by atoms with Gasteiger partial charge in [0.15, 0.2) is 0 Å². The minimum Gasteiger partial charge on any atom is -0.379 e. The van der Waals surface area contributed by atoms with Gasteiger partial charge in [0.05, 0.1) is 13.2 Å². The van der Waals surface area contributed by atoms with Crippen molar-refractivity contribution in [3.8, 4) is 0 Å². The van der Waals surface area contributed by atoms with Crippen LogP contribution in [0, 0.1) is 0 Å². The van der Waals surface area contributed by atoms with Crippen LogP contribution in [0.4, 0.5) is 0 Å². The predicted molar refractivity (Wildman–Crippen MR) is 84.2 cm³/mol. The Balaban J connectivity index is 1.49. The molecule has 3 rings (SSSR count). The van der Waals surface area contributed by atoms with Gasteiger partial charge in [0.1, 0.15) is 0 Å². The largest absolute Gasteiger partial charge is 0.379 e. The van der Waals surface area contributed by atoms with E-state index in [0.717, 1.165) is 38.9 Å². The fraction of sp³-hybridized carbons (Fsp3) is 0.750. The van der Waals surface area contributed by atoms with Crippen LogP contribution >= 0.6 is 11.3 Å². The van der Waals surface area contributed by atoms with E-state index in [2.05, 4.69) is 27.3 Å². The molecule has 0 spiro atoms. The van der Waals surface area contributed by atoms with Crippen LogP contribution in [0.1, 0.15) is 30.6 Å². The third-order valence-corrected chi connectivity index (χ3v) is 5.43. The summed E-state index contributed by atoms with van der Waals surface area (Å²) in [5.41, 5.74) is 0. The topological polar surface area (TPSA) is 15.7 Å². The Morgan fingerprint density at radius 1 is 1.20 bits per heavy atom. The second-order valence-corrected chi connectivity index (χ2v) is 6.97. The maximum absolute atomic E-state index is 5.43. The molecule has 4 heteroatoms. The zero-order chi connectivity index (χ0) is 13.6. The summed E-state index contributed by atoms with van der Waals surface area (Å²) in [5, 5.41) is 2.20. The lowest BCUT2D eigenvalue weighted by Gasteiger charge is -2.37. The molecule has 0 N–H and O–H groups in total. The molecule has 0 aromatic carbocycles. The molecule has 0 aliphatic carbocycles. The van der Waals surface area contributed by atoms with Crippen LogP contribution < -0.4 is 0 Å². The van der Waals surface area contributed by atoms with E-state index in [9.17, 15) is 0 Å². The van der Waals surface area contributed by atoms with E-state index in [1.165, 1.54) is 43.6 Å². The summed E-state index contributed by atoms with van der Waals surface area (Å²) in [7, 11) is 0. The Bertz CT molecular complexity index is 376. The summed E-state index contributed by atoms with van der Waals surface area (Å²) in [5.74, 6) is 0. The van der Waals surface area contributed by atoms with Gasteiger partial charge >= 0.3 is 0 Å². The molecule has 1 aromatic rings. The Morgan fingerprint density at radius 2 is 2.10 bits per heavy atom. The predicted octanol–water partition coefficient (Wildman–Crippen LogP) is 2.82. The molecule has 20 heavy (non-hydrogen) atoms. The SMILES string of the molecule is c1csc(CN2CCCCC2CCN2CCOCC2)c1. The minimum absolute atomic E-state index is 0.786. The summed E-state index contributed by atoms with van der Waals surface area (Å²) < 4.78 is 5.43. The quantitative estimate of drug-likeness (QED) is 0.830. The lowest BCUT2D eigenvalue weighted by molar-refractivity contribution is 0.0303. The standard InChI is InChI=1S/C16H26N2OS/c1-2-7-18(14-16-5-3-13-20-16)15(4-1)6-8-17-9-11-19-12-10-17/h3,5,13,15H,1-2,4,6-12,14H2. The van der Waals surface area contributed by atoms with Crippen LogP contribution in [0.25, 0.3) is 0 Å². The van der Waals surface area contributed by atoms with E-state index in [1.807, 2.05) is 11.3 Å². The molecule has 0 bridgehead atoms. The fourth-order valence-corrected chi connectivity index (χ4v) is 4.08. The molecule has 1 unspecified atom stereocenters. The number of likely N-dealkylation sites (tertiary alicyclic amines) is 1. The highest BCUT2D eigenvalue weighted by Crippen LogP contribution is 2.23. The third-order valence-electron chi connectivity index (χ3n) is 4.57. The normalized spacial score (nSPS) is 25.9. The maximum atomic E-state index is 5.43. The number of nitrogens with zero attached hydrogens (tertiary/aromatic N) is 2. The van der Waals surface area contributed by atoms with Crippen molar-refractivity contribution in [3.05, 3.63) is 22.4 Å². The Labute approximate surface area is 126 Å². The maximum Gasteiger partial charge on any atom is 0.0594 e. The first-order valence-corrected chi connectivity index (χ1v) is 8.86. The van der Waals surface area contributed by atoms with Crippen LogP contribution in [0.3, 0.4) is 0 Å². The summed E-state index contributed by atoms with van der Waals surface area (Å²) in [6.45, 7) is 7.77. The van der Waals surface area contributed by atoms with Crippen molar-refractivity contribution in [2.45, 2.75) is 38.3 Å². The van der Waals surface area contributed by atoms with E-state index in [1.54, 1.807) is 0 Å². The molecule has 3 heterocycles. The third kappa shape index (κ3) is 4.04. The molecule has 112 valence electrons. The number of morpholine rings is 1. The zero-order valence-electron chi connectivity index (χ0n) is 12.3. The van der Waals surface area contributed by atoms with E-state index >= 15 is 0 Å². The van der Waals surface area contributed by atoms with E-state index in [-0.39, 0.29) is 0 Å². The van der Waals surface area contributed by atoms with Crippen molar-refractivity contribution >= 4 is 11.3 Å². The monoisotopic (exact) mass is 294 g/mol. The molecular weight excluding hydrogens is 268 g/mol. The molecule has 1 atom stereocenters. The van der Waals surface area contributed by atoms with Gasteiger partial charge in [-0.15, -0.1) is 11.3 Å². The Kier molecular flexibility index (Phi) is 5.48. The first-order valence-electron chi connectivity index (χ1n) is 7.98. The summed E-state index contributed by atoms with van der Waals surface area (Å²) in [6, 6.07) is 5.24.